The lowest BCUT2D eigenvalue weighted by Gasteiger charge is -2.09. The molecule has 0 saturated carbocycles. The van der Waals surface area contributed by atoms with Gasteiger partial charge in [0.2, 0.25) is 5.91 Å². The van der Waals surface area contributed by atoms with Crippen LogP contribution in [0.25, 0.3) is 0 Å². The Morgan fingerprint density at radius 1 is 1.56 bits per heavy atom. The van der Waals surface area contributed by atoms with Crippen molar-refractivity contribution in [2.24, 2.45) is 5.92 Å². The smallest absolute Gasteiger partial charge is 0.239 e. The van der Waals surface area contributed by atoms with Gasteiger partial charge in [-0.1, -0.05) is 13.8 Å². The minimum absolute atomic E-state index is 0.0110. The molecular weight excluding hydrogens is 204 g/mol. The fourth-order valence-corrected chi connectivity index (χ4v) is 1.36. The van der Waals surface area contributed by atoms with E-state index in [1.54, 1.807) is 13.2 Å². The Labute approximate surface area is 96.3 Å². The Morgan fingerprint density at radius 2 is 2.31 bits per heavy atom. The number of aromatic nitrogens is 2. The summed E-state index contributed by atoms with van der Waals surface area (Å²) in [4.78, 5) is 15.5. The molecule has 0 aliphatic carbocycles. The van der Waals surface area contributed by atoms with Crippen LogP contribution in [0.2, 0.25) is 0 Å². The molecule has 0 saturated heterocycles. The van der Waals surface area contributed by atoms with Crippen molar-refractivity contribution in [3.05, 3.63) is 18.2 Å². The first-order valence-electron chi connectivity index (χ1n) is 5.54. The molecule has 1 heterocycles. The second kappa shape index (κ2) is 6.27. The van der Waals surface area contributed by atoms with Crippen molar-refractivity contribution in [3.8, 4) is 0 Å². The van der Waals surface area contributed by atoms with Crippen molar-refractivity contribution in [2.75, 3.05) is 13.6 Å². The van der Waals surface area contributed by atoms with Gasteiger partial charge in [-0.2, -0.15) is 0 Å². The van der Waals surface area contributed by atoms with Gasteiger partial charge in [0, 0.05) is 19.4 Å². The number of carbonyl (C=O) groups excluding carboxylic acids is 1. The zero-order chi connectivity index (χ0) is 12.0. The molecule has 0 atom stereocenters. The molecule has 2 N–H and O–H groups in total. The molecule has 0 radical (unpaired) electrons. The Bertz CT molecular complexity index is 332. The number of nitrogens with one attached hydrogen (secondary N) is 2. The summed E-state index contributed by atoms with van der Waals surface area (Å²) in [5.41, 5.74) is 0. The van der Waals surface area contributed by atoms with Crippen LogP contribution < -0.4 is 10.6 Å². The highest BCUT2D eigenvalue weighted by molar-refractivity contribution is 5.75. The summed E-state index contributed by atoms with van der Waals surface area (Å²) in [6.45, 7) is 6.29. The van der Waals surface area contributed by atoms with E-state index in [1.165, 1.54) is 0 Å². The third kappa shape index (κ3) is 4.02. The van der Waals surface area contributed by atoms with Gasteiger partial charge in [-0.3, -0.25) is 4.79 Å². The highest BCUT2D eigenvalue weighted by Gasteiger charge is 2.05. The number of nitrogens with zero attached hydrogens (tertiary/aromatic N) is 2. The van der Waals surface area contributed by atoms with Crippen molar-refractivity contribution in [1.82, 2.24) is 20.2 Å². The molecule has 1 amide bonds. The number of carbonyl (C=O) groups is 1. The second-order valence-electron chi connectivity index (χ2n) is 4.17. The van der Waals surface area contributed by atoms with E-state index in [9.17, 15) is 4.79 Å². The number of hydrogen-bond acceptors (Lipinski definition) is 3. The molecule has 1 aromatic rings. The summed E-state index contributed by atoms with van der Waals surface area (Å²) in [7, 11) is 1.63. The first-order valence-corrected chi connectivity index (χ1v) is 5.54. The molecular formula is C11H20N4O. The summed E-state index contributed by atoms with van der Waals surface area (Å²) < 4.78 is 1.85. The highest BCUT2D eigenvalue weighted by atomic mass is 16.1. The number of hydrogen-bond donors (Lipinski definition) is 2. The van der Waals surface area contributed by atoms with Gasteiger partial charge in [-0.15, -0.1) is 0 Å². The molecule has 1 aromatic heterocycles. The van der Waals surface area contributed by atoms with E-state index in [2.05, 4.69) is 29.5 Å². The molecule has 0 spiro atoms. The van der Waals surface area contributed by atoms with E-state index in [-0.39, 0.29) is 5.91 Å². The molecule has 0 aromatic carbocycles. The lowest BCUT2D eigenvalue weighted by molar-refractivity contribution is -0.121. The first-order chi connectivity index (χ1) is 7.63. The van der Waals surface area contributed by atoms with E-state index in [4.69, 9.17) is 0 Å². The molecule has 1 rings (SSSR count). The number of amides is 1. The predicted molar refractivity (Wildman–Crippen MR) is 62.8 cm³/mol. The predicted octanol–water partition coefficient (Wildman–Crippen LogP) is 0.375. The Morgan fingerprint density at radius 3 is 2.94 bits per heavy atom. The normalized spacial score (nSPS) is 10.8. The molecule has 5 heteroatoms. The van der Waals surface area contributed by atoms with E-state index < -0.39 is 0 Å². The third-order valence-electron chi connectivity index (χ3n) is 2.23. The molecule has 0 bridgehead atoms. The number of rotatable bonds is 6. The van der Waals surface area contributed by atoms with Gasteiger partial charge >= 0.3 is 0 Å². The van der Waals surface area contributed by atoms with Crippen molar-refractivity contribution in [2.45, 2.75) is 26.9 Å². The molecule has 0 unspecified atom stereocenters. The van der Waals surface area contributed by atoms with Crippen molar-refractivity contribution >= 4 is 5.91 Å². The van der Waals surface area contributed by atoms with Crippen LogP contribution in [0.1, 0.15) is 19.7 Å². The third-order valence-corrected chi connectivity index (χ3v) is 2.23. The van der Waals surface area contributed by atoms with Crippen LogP contribution in [0.3, 0.4) is 0 Å². The van der Waals surface area contributed by atoms with E-state index in [1.807, 2.05) is 10.8 Å². The zero-order valence-electron chi connectivity index (χ0n) is 10.2. The molecule has 0 aliphatic heterocycles. The Hall–Kier alpha value is -1.36. The maximum Gasteiger partial charge on any atom is 0.239 e. The van der Waals surface area contributed by atoms with Gasteiger partial charge in [-0.05, 0) is 12.5 Å². The summed E-state index contributed by atoms with van der Waals surface area (Å²) in [5, 5.41) is 5.90. The van der Waals surface area contributed by atoms with Crippen LogP contribution >= 0.6 is 0 Å². The summed E-state index contributed by atoms with van der Waals surface area (Å²) in [6, 6.07) is 0. The minimum Gasteiger partial charge on any atom is -0.358 e. The van der Waals surface area contributed by atoms with Crippen LogP contribution in [0.4, 0.5) is 0 Å². The first kappa shape index (κ1) is 12.7. The Kier molecular flexibility index (Phi) is 4.98. The van der Waals surface area contributed by atoms with E-state index >= 15 is 0 Å². The van der Waals surface area contributed by atoms with Gasteiger partial charge in [0.1, 0.15) is 12.4 Å². The fraction of sp³-hybridized carbons (Fsp3) is 0.636. The van der Waals surface area contributed by atoms with Gasteiger partial charge in [0.15, 0.2) is 0 Å². The van der Waals surface area contributed by atoms with E-state index in [0.29, 0.717) is 19.0 Å². The minimum atomic E-state index is -0.0110. The standard InChI is InChI=1S/C11H20N4O/c1-9(2)6-13-7-10-14-4-5-15(10)8-11(16)12-3/h4-5,9,13H,6-8H2,1-3H3,(H,12,16). The number of imidazole rings is 1. The van der Waals surface area contributed by atoms with E-state index in [0.717, 1.165) is 12.4 Å². The molecule has 90 valence electrons. The van der Waals surface area contributed by atoms with Crippen LogP contribution in [-0.2, 0) is 17.9 Å². The second-order valence-corrected chi connectivity index (χ2v) is 4.17. The van der Waals surface area contributed by atoms with Crippen LogP contribution in [0.15, 0.2) is 12.4 Å². The van der Waals surface area contributed by atoms with Crippen molar-refractivity contribution in [3.63, 3.8) is 0 Å². The van der Waals surface area contributed by atoms with Crippen LogP contribution in [-0.4, -0.2) is 29.1 Å². The maximum absolute atomic E-state index is 11.2. The quantitative estimate of drug-likeness (QED) is 0.734. The monoisotopic (exact) mass is 224 g/mol. The summed E-state index contributed by atoms with van der Waals surface area (Å²) >= 11 is 0. The maximum atomic E-state index is 11.2. The lowest BCUT2D eigenvalue weighted by atomic mass is 10.2. The molecule has 16 heavy (non-hydrogen) atoms. The average molecular weight is 224 g/mol. The van der Waals surface area contributed by atoms with Gasteiger partial charge < -0.3 is 15.2 Å². The topological polar surface area (TPSA) is 59.0 Å². The molecule has 5 nitrogen and oxygen atoms in total. The van der Waals surface area contributed by atoms with Crippen LogP contribution in [0.5, 0.6) is 0 Å². The van der Waals surface area contributed by atoms with Crippen LogP contribution in [0, 0.1) is 5.92 Å². The van der Waals surface area contributed by atoms with Crippen molar-refractivity contribution < 1.29 is 4.79 Å². The summed E-state index contributed by atoms with van der Waals surface area (Å²) in [5.74, 6) is 1.50. The SMILES string of the molecule is CNC(=O)Cn1ccnc1CNCC(C)C. The number of likely N-dealkylation sites (N-methyl/N-ethyl adjacent to an activating group) is 1. The zero-order valence-corrected chi connectivity index (χ0v) is 10.2. The van der Waals surface area contributed by atoms with Gasteiger partial charge in [0.05, 0.1) is 6.54 Å². The van der Waals surface area contributed by atoms with Crippen molar-refractivity contribution in [1.29, 1.82) is 0 Å². The average Bonchev–Trinajstić information content (AvgIpc) is 2.65. The summed E-state index contributed by atoms with van der Waals surface area (Å²) in [6.07, 6.45) is 3.54. The lowest BCUT2D eigenvalue weighted by Crippen LogP contribution is -2.26. The van der Waals surface area contributed by atoms with Gasteiger partial charge in [-0.25, -0.2) is 4.98 Å². The largest absolute Gasteiger partial charge is 0.358 e. The van der Waals surface area contributed by atoms with Gasteiger partial charge in [0.25, 0.3) is 0 Å². The fourth-order valence-electron chi connectivity index (χ4n) is 1.36. The molecule has 0 fully saturated rings. The Balaban J connectivity index is 2.47. The highest BCUT2D eigenvalue weighted by Crippen LogP contribution is 1.98. The molecule has 0 aliphatic rings.